The Labute approximate surface area is 162 Å². The Morgan fingerprint density at radius 3 is 2.50 bits per heavy atom. The molecule has 2 aromatic rings. The number of aryl methyl sites for hydroxylation is 1. The van der Waals surface area contributed by atoms with Gasteiger partial charge in [0.15, 0.2) is 11.5 Å². The van der Waals surface area contributed by atoms with E-state index < -0.39 is 18.5 Å². The van der Waals surface area contributed by atoms with Gasteiger partial charge in [-0.2, -0.15) is 8.78 Å². The number of ether oxygens (including phenoxy) is 2. The van der Waals surface area contributed by atoms with E-state index in [0.717, 1.165) is 5.56 Å². The monoisotopic (exact) mass is 396 g/mol. The van der Waals surface area contributed by atoms with E-state index in [4.69, 9.17) is 4.74 Å². The average Bonchev–Trinajstić information content (AvgIpc) is 2.64. The summed E-state index contributed by atoms with van der Waals surface area (Å²) in [6.45, 7) is 0.773. The Morgan fingerprint density at radius 1 is 1.18 bits per heavy atom. The molecule has 2 aromatic carbocycles. The van der Waals surface area contributed by atoms with Gasteiger partial charge >= 0.3 is 6.61 Å². The molecule has 1 amide bonds. The number of halogens is 3. The van der Waals surface area contributed by atoms with E-state index in [2.05, 4.69) is 10.1 Å². The summed E-state index contributed by atoms with van der Waals surface area (Å²) in [6, 6.07) is 8.57. The van der Waals surface area contributed by atoms with Crippen molar-refractivity contribution in [1.29, 1.82) is 0 Å². The Hall–Kier alpha value is -2.74. The quantitative estimate of drug-likeness (QED) is 0.727. The zero-order chi connectivity index (χ0) is 20.8. The molecule has 0 saturated carbocycles. The molecule has 152 valence electrons. The smallest absolute Gasteiger partial charge is 0.387 e. The second-order valence-electron chi connectivity index (χ2n) is 6.41. The summed E-state index contributed by atoms with van der Waals surface area (Å²) in [6.07, 6.45) is 0. The van der Waals surface area contributed by atoms with Crippen LogP contribution in [0, 0.1) is 12.7 Å². The van der Waals surface area contributed by atoms with Gasteiger partial charge in [0.1, 0.15) is 5.82 Å². The number of carbonyl (C=O) groups is 1. The molecule has 8 heteroatoms. The molecule has 1 atom stereocenters. The van der Waals surface area contributed by atoms with Crippen molar-refractivity contribution in [1.82, 2.24) is 4.90 Å². The first-order valence-corrected chi connectivity index (χ1v) is 8.60. The molecule has 0 spiro atoms. The van der Waals surface area contributed by atoms with Crippen LogP contribution in [0.25, 0.3) is 0 Å². The summed E-state index contributed by atoms with van der Waals surface area (Å²) >= 11 is 0. The lowest BCUT2D eigenvalue weighted by Crippen LogP contribution is -2.39. The lowest BCUT2D eigenvalue weighted by Gasteiger charge is -2.24. The highest BCUT2D eigenvalue weighted by molar-refractivity contribution is 5.94. The van der Waals surface area contributed by atoms with Crippen molar-refractivity contribution in [2.24, 2.45) is 0 Å². The molecule has 0 heterocycles. The van der Waals surface area contributed by atoms with Gasteiger partial charge in [0, 0.05) is 12.2 Å². The van der Waals surface area contributed by atoms with Crippen LogP contribution in [0.5, 0.6) is 11.5 Å². The van der Waals surface area contributed by atoms with E-state index in [1.165, 1.54) is 19.2 Å². The molecule has 2 rings (SSSR count). The third-order valence-electron chi connectivity index (χ3n) is 4.36. The fourth-order valence-corrected chi connectivity index (χ4v) is 2.55. The maximum Gasteiger partial charge on any atom is 0.387 e. The molecule has 1 N–H and O–H groups in total. The summed E-state index contributed by atoms with van der Waals surface area (Å²) in [5.74, 6) is -0.568. The van der Waals surface area contributed by atoms with Gasteiger partial charge in [-0.3, -0.25) is 9.69 Å². The Morgan fingerprint density at radius 2 is 1.89 bits per heavy atom. The number of nitrogens with one attached hydrogen (secondary N) is 1. The number of methoxy groups -OCH3 is 1. The maximum atomic E-state index is 13.6. The normalized spacial score (nSPS) is 12.2. The first kappa shape index (κ1) is 21.6. The number of carbonyl (C=O) groups excluding carboxylic acids is 1. The first-order valence-electron chi connectivity index (χ1n) is 8.60. The lowest BCUT2D eigenvalue weighted by atomic mass is 10.1. The number of anilines is 1. The number of amides is 1. The summed E-state index contributed by atoms with van der Waals surface area (Å²) in [5.41, 5.74) is 1.63. The molecule has 0 bridgehead atoms. The Bertz CT molecular complexity index is 830. The van der Waals surface area contributed by atoms with Crippen LogP contribution in [0.3, 0.4) is 0 Å². The van der Waals surface area contributed by atoms with Crippen molar-refractivity contribution in [3.8, 4) is 11.5 Å². The van der Waals surface area contributed by atoms with Crippen LogP contribution < -0.4 is 14.8 Å². The van der Waals surface area contributed by atoms with Crippen LogP contribution in [-0.2, 0) is 11.3 Å². The number of rotatable bonds is 8. The molecular weight excluding hydrogens is 373 g/mol. The summed E-state index contributed by atoms with van der Waals surface area (Å²) in [5, 5.41) is 2.68. The van der Waals surface area contributed by atoms with Crippen molar-refractivity contribution in [2.45, 2.75) is 33.0 Å². The summed E-state index contributed by atoms with van der Waals surface area (Å²) in [4.78, 5) is 14.2. The molecular formula is C20H23F3N2O3. The zero-order valence-corrected chi connectivity index (χ0v) is 16.1. The van der Waals surface area contributed by atoms with Crippen LogP contribution >= 0.6 is 0 Å². The van der Waals surface area contributed by atoms with Crippen molar-refractivity contribution in [3.05, 3.63) is 53.3 Å². The van der Waals surface area contributed by atoms with E-state index in [1.54, 1.807) is 50.1 Å². The van der Waals surface area contributed by atoms with Gasteiger partial charge in [-0.15, -0.1) is 0 Å². The van der Waals surface area contributed by atoms with Gasteiger partial charge in [-0.05, 0) is 56.3 Å². The SMILES string of the molecule is COc1cc(CN(C)[C@H](C)C(=O)Nc2ccc(C)c(F)c2)ccc1OC(F)F. The molecule has 0 aromatic heterocycles. The Kier molecular flexibility index (Phi) is 7.28. The third kappa shape index (κ3) is 5.63. The van der Waals surface area contributed by atoms with E-state index >= 15 is 0 Å². The molecule has 0 saturated heterocycles. The van der Waals surface area contributed by atoms with Gasteiger partial charge < -0.3 is 14.8 Å². The van der Waals surface area contributed by atoms with E-state index in [9.17, 15) is 18.0 Å². The topological polar surface area (TPSA) is 50.8 Å². The number of hydrogen-bond acceptors (Lipinski definition) is 4. The van der Waals surface area contributed by atoms with Crippen LogP contribution in [0.2, 0.25) is 0 Å². The van der Waals surface area contributed by atoms with Gasteiger partial charge in [-0.25, -0.2) is 4.39 Å². The van der Waals surface area contributed by atoms with Crippen LogP contribution in [0.15, 0.2) is 36.4 Å². The summed E-state index contributed by atoms with van der Waals surface area (Å²) < 4.78 is 47.9. The van der Waals surface area contributed by atoms with Crippen molar-refractivity contribution < 1.29 is 27.4 Å². The van der Waals surface area contributed by atoms with Crippen LogP contribution in [0.1, 0.15) is 18.1 Å². The van der Waals surface area contributed by atoms with Gasteiger partial charge in [-0.1, -0.05) is 12.1 Å². The highest BCUT2D eigenvalue weighted by Crippen LogP contribution is 2.30. The minimum Gasteiger partial charge on any atom is -0.493 e. The van der Waals surface area contributed by atoms with E-state index in [-0.39, 0.29) is 17.4 Å². The molecule has 0 aliphatic heterocycles. The maximum absolute atomic E-state index is 13.6. The molecule has 0 fully saturated rings. The zero-order valence-electron chi connectivity index (χ0n) is 16.1. The summed E-state index contributed by atoms with van der Waals surface area (Å²) in [7, 11) is 3.11. The minimum absolute atomic E-state index is 0.0592. The van der Waals surface area contributed by atoms with Crippen molar-refractivity contribution in [3.63, 3.8) is 0 Å². The fraction of sp³-hybridized carbons (Fsp3) is 0.350. The van der Waals surface area contributed by atoms with Gasteiger partial charge in [0.05, 0.1) is 13.2 Å². The second kappa shape index (κ2) is 9.45. The van der Waals surface area contributed by atoms with Gasteiger partial charge in [0.25, 0.3) is 0 Å². The first-order chi connectivity index (χ1) is 13.2. The number of hydrogen-bond donors (Lipinski definition) is 1. The molecule has 0 aliphatic carbocycles. The van der Waals surface area contributed by atoms with E-state index in [0.29, 0.717) is 17.8 Å². The number of alkyl halides is 2. The molecule has 28 heavy (non-hydrogen) atoms. The predicted molar refractivity (Wildman–Crippen MR) is 100 cm³/mol. The van der Waals surface area contributed by atoms with Gasteiger partial charge in [0.2, 0.25) is 5.91 Å². The standard InChI is InChI=1S/C20H23F3N2O3/c1-12-5-7-15(10-16(12)21)24-19(26)13(2)25(3)11-14-6-8-17(28-20(22)23)18(9-14)27-4/h5-10,13,20H,11H2,1-4H3,(H,24,26)/t13-/m1/s1. The largest absolute Gasteiger partial charge is 0.493 e. The molecule has 0 aliphatic rings. The molecule has 5 nitrogen and oxygen atoms in total. The van der Waals surface area contributed by atoms with Crippen LogP contribution in [0.4, 0.5) is 18.9 Å². The lowest BCUT2D eigenvalue weighted by molar-refractivity contribution is -0.120. The average molecular weight is 396 g/mol. The molecule has 0 unspecified atom stereocenters. The predicted octanol–water partition coefficient (Wildman–Crippen LogP) is 4.20. The third-order valence-corrected chi connectivity index (χ3v) is 4.36. The number of benzene rings is 2. The molecule has 0 radical (unpaired) electrons. The fourth-order valence-electron chi connectivity index (χ4n) is 2.55. The second-order valence-corrected chi connectivity index (χ2v) is 6.41. The number of nitrogens with zero attached hydrogens (tertiary/aromatic N) is 1. The van der Waals surface area contributed by atoms with E-state index in [1.807, 2.05) is 0 Å². The highest BCUT2D eigenvalue weighted by Gasteiger charge is 2.19. The van der Waals surface area contributed by atoms with Crippen LogP contribution in [-0.4, -0.2) is 37.6 Å². The minimum atomic E-state index is -2.95. The van der Waals surface area contributed by atoms with Crippen molar-refractivity contribution >= 4 is 11.6 Å². The number of likely N-dealkylation sites (N-methyl/N-ethyl adjacent to an activating group) is 1. The Balaban J connectivity index is 2.03. The highest BCUT2D eigenvalue weighted by atomic mass is 19.3. The van der Waals surface area contributed by atoms with Crippen molar-refractivity contribution in [2.75, 3.05) is 19.5 Å².